The van der Waals surface area contributed by atoms with Crippen LogP contribution in [0, 0.1) is 16.2 Å². The minimum Gasteiger partial charge on any atom is -0.396 e. The molecule has 0 aliphatic heterocycles. The summed E-state index contributed by atoms with van der Waals surface area (Å²) in [7, 11) is 0. The molecule has 0 saturated carbocycles. The molecule has 0 aliphatic rings. The molecule has 0 unspecified atom stereocenters. The Morgan fingerprint density at radius 2 is 0.519 bits per heavy atom. The molecule has 0 saturated heterocycles. The minimum absolute atomic E-state index is 0.0938. The van der Waals surface area contributed by atoms with E-state index in [1.165, 1.54) is 0 Å². The molecule has 6 heteroatoms. The van der Waals surface area contributed by atoms with Crippen molar-refractivity contribution >= 4 is 0 Å². The van der Waals surface area contributed by atoms with Crippen molar-refractivity contribution in [3.8, 4) is 0 Å². The molecule has 0 aromatic rings. The third kappa shape index (κ3) is 11.4. The Hall–Kier alpha value is -0.240. The average Bonchev–Trinajstić information content (AvgIpc) is 2.75. The molecule has 0 aromatic heterocycles. The SMILES string of the molecule is CCC(CC)(CC)CO.CCC(CC)(CO)CO.CCC(CO)(CO)CO. The standard InChI is InChI=1S/C8H18O.C7H16O2.C6H14O3/c1-4-8(5-2,6-3)7-9;1-3-7(4-2,5-8)6-9;1-2-6(3-7,4-8)5-9/h9H,4-7H2,1-3H3;8-9H,3-6H2,1-2H3;7-9H,2-5H2,1H3. The first kappa shape index (κ1) is 31.5. The van der Waals surface area contributed by atoms with Crippen LogP contribution in [-0.2, 0) is 0 Å². The predicted molar refractivity (Wildman–Crippen MR) is 112 cm³/mol. The van der Waals surface area contributed by atoms with Crippen molar-refractivity contribution in [1.82, 2.24) is 0 Å². The van der Waals surface area contributed by atoms with Crippen LogP contribution in [0.5, 0.6) is 0 Å². The maximum Gasteiger partial charge on any atom is 0.0531 e. The van der Waals surface area contributed by atoms with E-state index in [-0.39, 0.29) is 43.9 Å². The van der Waals surface area contributed by atoms with Gasteiger partial charge in [-0.15, -0.1) is 0 Å². The van der Waals surface area contributed by atoms with Crippen LogP contribution in [0.1, 0.15) is 80.1 Å². The summed E-state index contributed by atoms with van der Waals surface area (Å²) in [6.45, 7) is 12.3. The second-order valence-electron chi connectivity index (χ2n) is 7.57. The quantitative estimate of drug-likeness (QED) is 0.301. The zero-order chi connectivity index (χ0) is 22.0. The first-order valence-electron chi connectivity index (χ1n) is 10.4. The highest BCUT2D eigenvalue weighted by atomic mass is 16.3. The summed E-state index contributed by atoms with van der Waals surface area (Å²) in [5, 5.41) is 52.6. The molecule has 0 spiro atoms. The van der Waals surface area contributed by atoms with Crippen LogP contribution in [0.4, 0.5) is 0 Å². The lowest BCUT2D eigenvalue weighted by Gasteiger charge is -2.27. The third-order valence-corrected chi connectivity index (χ3v) is 6.51. The Kier molecular flexibility index (Phi) is 20.8. The highest BCUT2D eigenvalue weighted by Crippen LogP contribution is 2.28. The van der Waals surface area contributed by atoms with Crippen molar-refractivity contribution in [3.05, 3.63) is 0 Å². The van der Waals surface area contributed by atoms with E-state index >= 15 is 0 Å². The zero-order valence-corrected chi connectivity index (χ0v) is 18.7. The Morgan fingerprint density at radius 1 is 0.333 bits per heavy atom. The molecule has 0 amide bonds. The first-order valence-corrected chi connectivity index (χ1v) is 10.4. The third-order valence-electron chi connectivity index (χ3n) is 6.51. The van der Waals surface area contributed by atoms with E-state index in [1.807, 2.05) is 20.8 Å². The van der Waals surface area contributed by atoms with Gasteiger partial charge in [-0.05, 0) is 43.9 Å². The molecule has 0 aromatic carbocycles. The fraction of sp³-hybridized carbons (Fsp3) is 1.00. The summed E-state index contributed by atoms with van der Waals surface area (Å²) in [4.78, 5) is 0. The lowest BCUT2D eigenvalue weighted by Crippen LogP contribution is -2.32. The van der Waals surface area contributed by atoms with Crippen LogP contribution in [0.2, 0.25) is 0 Å². The molecule has 0 atom stereocenters. The average molecular weight is 397 g/mol. The fourth-order valence-corrected chi connectivity index (χ4v) is 2.32. The van der Waals surface area contributed by atoms with E-state index in [9.17, 15) is 0 Å². The second kappa shape index (κ2) is 17.8. The molecule has 0 rings (SSSR count). The van der Waals surface area contributed by atoms with Crippen molar-refractivity contribution in [2.45, 2.75) is 80.1 Å². The van der Waals surface area contributed by atoms with Gasteiger partial charge in [-0.2, -0.15) is 0 Å². The molecular weight excluding hydrogens is 348 g/mol. The maximum absolute atomic E-state index is 8.98. The molecule has 27 heavy (non-hydrogen) atoms. The van der Waals surface area contributed by atoms with Crippen molar-refractivity contribution in [3.63, 3.8) is 0 Å². The Bertz CT molecular complexity index is 197. The van der Waals surface area contributed by atoms with Gasteiger partial charge < -0.3 is 30.6 Å². The van der Waals surface area contributed by atoms with Crippen LogP contribution >= 0.6 is 0 Å². The van der Waals surface area contributed by atoms with Crippen LogP contribution < -0.4 is 0 Å². The summed E-state index contributed by atoms with van der Waals surface area (Å²) < 4.78 is 0. The molecule has 0 fully saturated rings. The molecule has 168 valence electrons. The topological polar surface area (TPSA) is 121 Å². The van der Waals surface area contributed by atoms with E-state index in [0.29, 0.717) is 13.0 Å². The van der Waals surface area contributed by atoms with Crippen LogP contribution in [0.3, 0.4) is 0 Å². The number of hydrogen-bond donors (Lipinski definition) is 6. The van der Waals surface area contributed by atoms with Gasteiger partial charge in [0.05, 0.1) is 33.0 Å². The van der Waals surface area contributed by atoms with Gasteiger partial charge in [0.1, 0.15) is 0 Å². The minimum atomic E-state index is -0.667. The van der Waals surface area contributed by atoms with Gasteiger partial charge in [0.15, 0.2) is 0 Å². The number of rotatable bonds is 12. The molecule has 6 nitrogen and oxygen atoms in total. The van der Waals surface area contributed by atoms with Gasteiger partial charge in [-0.25, -0.2) is 0 Å². The fourth-order valence-electron chi connectivity index (χ4n) is 2.32. The van der Waals surface area contributed by atoms with Gasteiger partial charge in [-0.1, -0.05) is 41.5 Å². The summed E-state index contributed by atoms with van der Waals surface area (Å²) in [6, 6.07) is 0. The molecule has 0 radical (unpaired) electrons. The monoisotopic (exact) mass is 396 g/mol. The Labute approximate surface area is 167 Å². The van der Waals surface area contributed by atoms with Crippen LogP contribution in [0.25, 0.3) is 0 Å². The van der Waals surface area contributed by atoms with E-state index in [0.717, 1.165) is 32.1 Å². The smallest absolute Gasteiger partial charge is 0.0531 e. The van der Waals surface area contributed by atoms with Crippen molar-refractivity contribution in [1.29, 1.82) is 0 Å². The van der Waals surface area contributed by atoms with Crippen molar-refractivity contribution < 1.29 is 30.6 Å². The Balaban J connectivity index is -0.000000320. The van der Waals surface area contributed by atoms with E-state index in [2.05, 4.69) is 20.8 Å². The highest BCUT2D eigenvalue weighted by molar-refractivity contribution is 4.74. The van der Waals surface area contributed by atoms with Gasteiger partial charge >= 0.3 is 0 Å². The highest BCUT2D eigenvalue weighted by Gasteiger charge is 2.25. The molecular formula is C21H48O6. The van der Waals surface area contributed by atoms with Crippen LogP contribution in [-0.4, -0.2) is 70.3 Å². The van der Waals surface area contributed by atoms with Crippen LogP contribution in [0.15, 0.2) is 0 Å². The number of hydrogen-bond acceptors (Lipinski definition) is 6. The summed E-state index contributed by atoms with van der Waals surface area (Å²) in [5.41, 5.74) is -0.667. The molecule has 0 bridgehead atoms. The number of aliphatic hydroxyl groups is 6. The summed E-state index contributed by atoms with van der Waals surface area (Å²) in [5.74, 6) is 0. The largest absolute Gasteiger partial charge is 0.396 e. The van der Waals surface area contributed by atoms with Gasteiger partial charge in [0.25, 0.3) is 0 Å². The molecule has 0 heterocycles. The summed E-state index contributed by atoms with van der Waals surface area (Å²) >= 11 is 0. The maximum atomic E-state index is 8.98. The Morgan fingerprint density at radius 3 is 0.519 bits per heavy atom. The normalized spacial score (nSPS) is 12.0. The number of aliphatic hydroxyl groups excluding tert-OH is 6. The molecule has 6 N–H and O–H groups in total. The van der Waals surface area contributed by atoms with E-state index in [1.54, 1.807) is 0 Å². The lowest BCUT2D eigenvalue weighted by molar-refractivity contribution is 0.00304. The first-order chi connectivity index (χ1) is 12.7. The zero-order valence-electron chi connectivity index (χ0n) is 18.7. The second-order valence-corrected chi connectivity index (χ2v) is 7.57. The van der Waals surface area contributed by atoms with Gasteiger partial charge in [0, 0.05) is 17.4 Å². The summed E-state index contributed by atoms with van der Waals surface area (Å²) in [6.07, 6.45) is 5.56. The van der Waals surface area contributed by atoms with Crippen molar-refractivity contribution in [2.75, 3.05) is 39.6 Å². The van der Waals surface area contributed by atoms with Gasteiger partial charge in [0.2, 0.25) is 0 Å². The van der Waals surface area contributed by atoms with Gasteiger partial charge in [-0.3, -0.25) is 0 Å². The molecule has 0 aliphatic carbocycles. The predicted octanol–water partition coefficient (Wildman–Crippen LogP) is 2.33. The van der Waals surface area contributed by atoms with E-state index in [4.69, 9.17) is 30.6 Å². The lowest BCUT2D eigenvalue weighted by atomic mass is 9.81. The van der Waals surface area contributed by atoms with E-state index < -0.39 is 5.41 Å². The van der Waals surface area contributed by atoms with Crippen molar-refractivity contribution in [2.24, 2.45) is 16.2 Å².